The lowest BCUT2D eigenvalue weighted by Crippen LogP contribution is -2.11. The number of hydrogen-bond donors (Lipinski definition) is 2. The fourth-order valence-corrected chi connectivity index (χ4v) is 2.67. The van der Waals surface area contributed by atoms with E-state index >= 15 is 0 Å². The molecule has 0 unspecified atom stereocenters. The van der Waals surface area contributed by atoms with Gasteiger partial charge in [-0.3, -0.25) is 14.3 Å². The van der Waals surface area contributed by atoms with Gasteiger partial charge in [-0.15, -0.1) is 0 Å². The first kappa shape index (κ1) is 16.0. The second kappa shape index (κ2) is 6.18. The zero-order chi connectivity index (χ0) is 16.3. The molecule has 22 heavy (non-hydrogen) atoms. The summed E-state index contributed by atoms with van der Waals surface area (Å²) in [6.07, 6.45) is 2.55. The van der Waals surface area contributed by atoms with Crippen molar-refractivity contribution in [3.63, 3.8) is 0 Å². The summed E-state index contributed by atoms with van der Waals surface area (Å²) in [5.41, 5.74) is 1.12. The fraction of sp³-hybridized carbons (Fsp3) is 0.286. The van der Waals surface area contributed by atoms with Crippen molar-refractivity contribution in [1.82, 2.24) is 4.57 Å². The molecule has 1 aromatic heterocycles. The molecule has 0 bridgehead atoms. The van der Waals surface area contributed by atoms with Gasteiger partial charge in [0.2, 0.25) is 10.0 Å². The van der Waals surface area contributed by atoms with Crippen LogP contribution in [0.3, 0.4) is 0 Å². The fourth-order valence-electron chi connectivity index (χ4n) is 2.11. The number of carbonyl (C=O) groups is 2. The molecule has 1 aromatic carbocycles. The minimum absolute atomic E-state index is 0.0315. The van der Waals surface area contributed by atoms with E-state index in [9.17, 15) is 18.0 Å². The maximum absolute atomic E-state index is 11.8. The van der Waals surface area contributed by atoms with E-state index in [1.807, 2.05) is 6.07 Å². The topological polar surface area (TPSA) is 105 Å². The number of hydrogen-bond acceptors (Lipinski definition) is 4. The number of carboxylic acids is 1. The van der Waals surface area contributed by atoms with Crippen LogP contribution in [-0.4, -0.2) is 36.1 Å². The number of nitrogens with zero attached hydrogens (tertiary/aromatic N) is 1. The molecule has 2 aromatic rings. The Morgan fingerprint density at radius 2 is 1.95 bits per heavy atom. The number of benzene rings is 1. The van der Waals surface area contributed by atoms with Crippen molar-refractivity contribution in [3.05, 3.63) is 30.5 Å². The molecule has 0 atom stereocenters. The first-order valence-corrected chi connectivity index (χ1v) is 8.44. The molecule has 118 valence electrons. The molecule has 0 aliphatic carbocycles. The molecule has 0 spiro atoms. The number of Topliss-reactive ketones (excluding diaryl/α,β-unsaturated/α-hetero) is 1. The van der Waals surface area contributed by atoms with Crippen LogP contribution < -0.4 is 4.72 Å². The van der Waals surface area contributed by atoms with Crippen molar-refractivity contribution in [3.8, 4) is 0 Å². The number of sulfonamides is 1. The van der Waals surface area contributed by atoms with E-state index in [2.05, 4.69) is 4.72 Å². The molecule has 0 radical (unpaired) electrons. The van der Waals surface area contributed by atoms with Crippen LogP contribution in [0.4, 0.5) is 5.69 Å². The maximum Gasteiger partial charge on any atom is 0.303 e. The Bertz CT molecular complexity index is 823. The van der Waals surface area contributed by atoms with E-state index in [1.165, 1.54) is 0 Å². The van der Waals surface area contributed by atoms with E-state index in [1.54, 1.807) is 29.0 Å². The molecule has 0 aliphatic rings. The first-order chi connectivity index (χ1) is 10.2. The van der Waals surface area contributed by atoms with Gasteiger partial charge in [-0.1, -0.05) is 6.07 Å². The van der Waals surface area contributed by atoms with Crippen LogP contribution in [0.2, 0.25) is 0 Å². The van der Waals surface area contributed by atoms with Crippen LogP contribution in [0, 0.1) is 0 Å². The van der Waals surface area contributed by atoms with Crippen LogP contribution in [0.1, 0.15) is 12.8 Å². The van der Waals surface area contributed by atoms with Crippen LogP contribution in [0.25, 0.3) is 10.9 Å². The van der Waals surface area contributed by atoms with Gasteiger partial charge in [-0.25, -0.2) is 8.42 Å². The highest BCUT2D eigenvalue weighted by Gasteiger charge is 2.10. The zero-order valence-electron chi connectivity index (χ0n) is 11.9. The molecular weight excluding hydrogens is 308 g/mol. The number of carboxylic acid groups (broad SMARTS) is 1. The Morgan fingerprint density at radius 3 is 2.59 bits per heavy atom. The van der Waals surface area contributed by atoms with E-state index < -0.39 is 16.0 Å². The summed E-state index contributed by atoms with van der Waals surface area (Å²) in [6, 6.07) is 6.84. The van der Waals surface area contributed by atoms with Crippen molar-refractivity contribution in [2.45, 2.75) is 19.4 Å². The summed E-state index contributed by atoms with van der Waals surface area (Å²) in [5, 5.41) is 9.45. The molecule has 0 aliphatic heterocycles. The van der Waals surface area contributed by atoms with Gasteiger partial charge in [-0.2, -0.15) is 0 Å². The molecule has 2 rings (SSSR count). The largest absolute Gasteiger partial charge is 0.481 e. The Labute approximate surface area is 127 Å². The Hall–Kier alpha value is -2.35. The SMILES string of the molecule is CS(=O)(=O)Nc1ccc2ccn(CC(=O)CCC(=O)O)c2c1. The van der Waals surface area contributed by atoms with Gasteiger partial charge in [0.25, 0.3) is 0 Å². The molecule has 1 heterocycles. The first-order valence-electron chi connectivity index (χ1n) is 6.55. The number of rotatable bonds is 7. The molecule has 0 fully saturated rings. The maximum atomic E-state index is 11.8. The number of aromatic nitrogens is 1. The van der Waals surface area contributed by atoms with Crippen LogP contribution in [-0.2, 0) is 26.2 Å². The number of ketones is 1. The number of nitrogens with one attached hydrogen (secondary N) is 1. The van der Waals surface area contributed by atoms with Gasteiger partial charge in [0, 0.05) is 12.6 Å². The number of aliphatic carboxylic acids is 1. The molecular formula is C14H16N2O5S. The van der Waals surface area contributed by atoms with Crippen molar-refractivity contribution in [1.29, 1.82) is 0 Å². The summed E-state index contributed by atoms with van der Waals surface area (Å²) >= 11 is 0. The van der Waals surface area contributed by atoms with Crippen molar-refractivity contribution < 1.29 is 23.1 Å². The Balaban J connectivity index is 2.21. The monoisotopic (exact) mass is 324 g/mol. The van der Waals surface area contributed by atoms with Gasteiger partial charge in [0.05, 0.1) is 30.4 Å². The quantitative estimate of drug-likeness (QED) is 0.802. The summed E-state index contributed by atoms with van der Waals surface area (Å²) < 4.78 is 26.6. The van der Waals surface area contributed by atoms with E-state index in [0.29, 0.717) is 11.2 Å². The van der Waals surface area contributed by atoms with Crippen molar-refractivity contribution in [2.24, 2.45) is 0 Å². The number of anilines is 1. The summed E-state index contributed by atoms with van der Waals surface area (Å²) in [4.78, 5) is 22.2. The summed E-state index contributed by atoms with van der Waals surface area (Å²) in [6.45, 7) is 0.0547. The molecule has 8 heteroatoms. The minimum Gasteiger partial charge on any atom is -0.481 e. The molecule has 7 nitrogen and oxygen atoms in total. The lowest BCUT2D eigenvalue weighted by atomic mass is 10.2. The van der Waals surface area contributed by atoms with Gasteiger partial charge in [0.15, 0.2) is 5.78 Å². The van der Waals surface area contributed by atoms with Crippen molar-refractivity contribution >= 4 is 38.4 Å². The highest BCUT2D eigenvalue weighted by molar-refractivity contribution is 7.92. The predicted molar refractivity (Wildman–Crippen MR) is 82.3 cm³/mol. The molecule has 2 N–H and O–H groups in total. The van der Waals surface area contributed by atoms with Crippen LogP contribution in [0.15, 0.2) is 30.5 Å². The zero-order valence-corrected chi connectivity index (χ0v) is 12.8. The van der Waals surface area contributed by atoms with Crippen LogP contribution in [0.5, 0.6) is 0 Å². The Kier molecular flexibility index (Phi) is 4.51. The third-order valence-corrected chi connectivity index (χ3v) is 3.65. The highest BCUT2D eigenvalue weighted by atomic mass is 32.2. The van der Waals surface area contributed by atoms with E-state index in [-0.39, 0.29) is 25.2 Å². The normalized spacial score (nSPS) is 11.5. The average Bonchev–Trinajstić information content (AvgIpc) is 2.77. The predicted octanol–water partition coefficient (Wildman–Crippen LogP) is 1.45. The van der Waals surface area contributed by atoms with E-state index in [4.69, 9.17) is 5.11 Å². The molecule has 0 saturated carbocycles. The van der Waals surface area contributed by atoms with Gasteiger partial charge in [0.1, 0.15) is 0 Å². The summed E-state index contributed by atoms with van der Waals surface area (Å²) in [7, 11) is -3.37. The smallest absolute Gasteiger partial charge is 0.303 e. The second-order valence-corrected chi connectivity index (χ2v) is 6.77. The number of carbonyl (C=O) groups excluding carboxylic acids is 1. The third-order valence-electron chi connectivity index (χ3n) is 3.04. The third kappa shape index (κ3) is 4.32. The lowest BCUT2D eigenvalue weighted by Gasteiger charge is -2.07. The highest BCUT2D eigenvalue weighted by Crippen LogP contribution is 2.21. The number of fused-ring (bicyclic) bond motifs is 1. The second-order valence-electron chi connectivity index (χ2n) is 5.02. The van der Waals surface area contributed by atoms with Gasteiger partial charge >= 0.3 is 5.97 Å². The van der Waals surface area contributed by atoms with Crippen molar-refractivity contribution in [2.75, 3.05) is 11.0 Å². The standard InChI is InChI=1S/C14H16N2O5S/c1-22(20,21)15-11-3-2-10-6-7-16(13(10)8-11)9-12(17)4-5-14(18)19/h2-3,6-8,15H,4-5,9H2,1H3,(H,18,19). The minimum atomic E-state index is -3.37. The lowest BCUT2D eigenvalue weighted by molar-refractivity contribution is -0.138. The van der Waals surface area contributed by atoms with Gasteiger partial charge < -0.3 is 9.67 Å². The summed E-state index contributed by atoms with van der Waals surface area (Å²) in [5.74, 6) is -1.20. The average molecular weight is 324 g/mol. The van der Waals surface area contributed by atoms with Crippen LogP contribution >= 0.6 is 0 Å². The Morgan fingerprint density at radius 1 is 1.23 bits per heavy atom. The molecule has 0 amide bonds. The van der Waals surface area contributed by atoms with Gasteiger partial charge in [-0.05, 0) is 23.6 Å². The van der Waals surface area contributed by atoms with E-state index in [0.717, 1.165) is 11.6 Å². The molecule has 0 saturated heterocycles.